The maximum Gasteiger partial charge on any atom is 0.223 e. The van der Waals surface area contributed by atoms with Crippen molar-refractivity contribution in [3.05, 3.63) is 42.6 Å². The Bertz CT molecular complexity index is 1070. The average Bonchev–Trinajstić information content (AvgIpc) is 3.16. The first-order valence-electron chi connectivity index (χ1n) is 10.0. The molecule has 0 spiro atoms. The highest BCUT2D eigenvalue weighted by molar-refractivity contribution is 5.87. The van der Waals surface area contributed by atoms with Crippen LogP contribution in [-0.2, 0) is 4.79 Å². The number of hydrogen-bond donors (Lipinski definition) is 1. The van der Waals surface area contributed by atoms with Gasteiger partial charge in [-0.1, -0.05) is 0 Å². The van der Waals surface area contributed by atoms with Crippen LogP contribution in [0.1, 0.15) is 20.3 Å². The Hall–Kier alpha value is -3.35. The van der Waals surface area contributed by atoms with Gasteiger partial charge in [-0.25, -0.2) is 4.98 Å². The van der Waals surface area contributed by atoms with Crippen LogP contribution in [0.4, 0.5) is 0 Å². The van der Waals surface area contributed by atoms with Crippen LogP contribution in [0.2, 0.25) is 0 Å². The molecule has 1 atom stereocenters. The fourth-order valence-corrected chi connectivity index (χ4v) is 3.46. The maximum atomic E-state index is 11.5. The van der Waals surface area contributed by atoms with Crippen LogP contribution in [0.15, 0.2) is 42.6 Å². The Labute approximate surface area is 175 Å². The summed E-state index contributed by atoms with van der Waals surface area (Å²) in [7, 11) is 1.62. The molecular weight excluding hydrogens is 382 g/mol. The highest BCUT2D eigenvalue weighted by Gasteiger charge is 2.22. The highest BCUT2D eigenvalue weighted by atomic mass is 16.5. The Morgan fingerprint density at radius 3 is 2.80 bits per heavy atom. The third-order valence-corrected chi connectivity index (χ3v) is 4.90. The van der Waals surface area contributed by atoms with Gasteiger partial charge >= 0.3 is 0 Å². The smallest absolute Gasteiger partial charge is 0.223 e. The van der Waals surface area contributed by atoms with Crippen LogP contribution < -0.4 is 19.5 Å². The summed E-state index contributed by atoms with van der Waals surface area (Å²) in [6, 6.07) is 11.5. The maximum absolute atomic E-state index is 11.5. The normalized spacial score (nSPS) is 16.0. The molecule has 1 saturated heterocycles. The lowest BCUT2D eigenvalue weighted by molar-refractivity contribution is -0.119. The zero-order chi connectivity index (χ0) is 21.1. The van der Waals surface area contributed by atoms with E-state index in [0.717, 1.165) is 22.2 Å². The van der Waals surface area contributed by atoms with Gasteiger partial charge in [-0.3, -0.25) is 9.78 Å². The second-order valence-corrected chi connectivity index (χ2v) is 7.60. The van der Waals surface area contributed by atoms with Crippen molar-refractivity contribution < 1.29 is 19.0 Å². The average molecular weight is 407 g/mol. The molecule has 1 aliphatic rings. The van der Waals surface area contributed by atoms with E-state index >= 15 is 0 Å². The molecule has 0 unspecified atom stereocenters. The second kappa shape index (κ2) is 8.57. The van der Waals surface area contributed by atoms with Gasteiger partial charge in [0.1, 0.15) is 0 Å². The van der Waals surface area contributed by atoms with Crippen molar-refractivity contribution in [1.29, 1.82) is 0 Å². The molecule has 7 heteroatoms. The fraction of sp³-hybridized carbons (Fsp3) is 0.348. The molecule has 1 amide bonds. The van der Waals surface area contributed by atoms with Gasteiger partial charge in [0.2, 0.25) is 11.8 Å². The monoisotopic (exact) mass is 407 g/mol. The van der Waals surface area contributed by atoms with E-state index in [-0.39, 0.29) is 17.9 Å². The minimum atomic E-state index is 0.0157. The summed E-state index contributed by atoms with van der Waals surface area (Å²) in [6.45, 7) is 4.99. The zero-order valence-corrected chi connectivity index (χ0v) is 17.3. The van der Waals surface area contributed by atoms with Crippen LogP contribution in [-0.4, -0.2) is 42.2 Å². The zero-order valence-electron chi connectivity index (χ0n) is 17.3. The van der Waals surface area contributed by atoms with E-state index in [2.05, 4.69) is 10.3 Å². The molecular formula is C23H25N3O4. The molecule has 3 aromatic rings. The van der Waals surface area contributed by atoms with Crippen molar-refractivity contribution in [2.24, 2.45) is 5.92 Å². The predicted octanol–water partition coefficient (Wildman–Crippen LogP) is 3.61. The third kappa shape index (κ3) is 4.30. The van der Waals surface area contributed by atoms with Crippen molar-refractivity contribution in [2.45, 2.75) is 26.4 Å². The summed E-state index contributed by atoms with van der Waals surface area (Å²) in [5.41, 5.74) is 2.40. The van der Waals surface area contributed by atoms with Crippen molar-refractivity contribution in [2.75, 3.05) is 20.3 Å². The molecule has 0 bridgehead atoms. The molecule has 30 heavy (non-hydrogen) atoms. The van der Waals surface area contributed by atoms with Crippen LogP contribution in [0.25, 0.3) is 22.2 Å². The Morgan fingerprint density at radius 2 is 2.07 bits per heavy atom. The first-order chi connectivity index (χ1) is 14.5. The lowest BCUT2D eigenvalue weighted by Crippen LogP contribution is -2.17. The SMILES string of the molecule is COc1ccc(-c2cc3ncccc3c(OC[C@H]3CNC(=O)C3)n2)cc1OC(C)C. The number of amides is 1. The molecule has 1 aliphatic heterocycles. The van der Waals surface area contributed by atoms with Crippen LogP contribution >= 0.6 is 0 Å². The van der Waals surface area contributed by atoms with E-state index in [9.17, 15) is 4.79 Å². The van der Waals surface area contributed by atoms with Crippen molar-refractivity contribution >= 4 is 16.8 Å². The lowest BCUT2D eigenvalue weighted by atomic mass is 10.1. The number of ether oxygens (including phenoxy) is 3. The summed E-state index contributed by atoms with van der Waals surface area (Å²) in [4.78, 5) is 20.7. The number of methoxy groups -OCH3 is 1. The number of rotatable bonds is 7. The van der Waals surface area contributed by atoms with E-state index in [4.69, 9.17) is 19.2 Å². The summed E-state index contributed by atoms with van der Waals surface area (Å²) in [6.07, 6.45) is 2.24. The Balaban J connectivity index is 1.70. The number of pyridine rings is 2. The van der Waals surface area contributed by atoms with Gasteiger partial charge in [-0.15, -0.1) is 0 Å². The quantitative estimate of drug-likeness (QED) is 0.644. The van der Waals surface area contributed by atoms with E-state index in [1.165, 1.54) is 0 Å². The first-order valence-corrected chi connectivity index (χ1v) is 10.0. The number of nitrogens with zero attached hydrogens (tertiary/aromatic N) is 2. The molecule has 156 valence electrons. The topological polar surface area (TPSA) is 82.6 Å². The summed E-state index contributed by atoms with van der Waals surface area (Å²) in [5, 5.41) is 3.67. The second-order valence-electron chi connectivity index (χ2n) is 7.60. The number of aromatic nitrogens is 2. The van der Waals surface area contributed by atoms with Gasteiger partial charge in [-0.05, 0) is 50.2 Å². The fourth-order valence-electron chi connectivity index (χ4n) is 3.46. The molecule has 4 rings (SSSR count). The van der Waals surface area contributed by atoms with Crippen molar-refractivity contribution in [3.63, 3.8) is 0 Å². The Kier molecular flexibility index (Phi) is 5.70. The van der Waals surface area contributed by atoms with Crippen molar-refractivity contribution in [3.8, 4) is 28.6 Å². The molecule has 0 radical (unpaired) electrons. The molecule has 3 heterocycles. The van der Waals surface area contributed by atoms with E-state index in [1.807, 2.05) is 50.2 Å². The van der Waals surface area contributed by atoms with E-state index in [0.29, 0.717) is 37.0 Å². The van der Waals surface area contributed by atoms with Gasteiger partial charge in [0.15, 0.2) is 11.5 Å². The van der Waals surface area contributed by atoms with Crippen molar-refractivity contribution in [1.82, 2.24) is 15.3 Å². The van der Waals surface area contributed by atoms with Crippen LogP contribution in [0, 0.1) is 5.92 Å². The molecule has 7 nitrogen and oxygen atoms in total. The number of nitrogens with one attached hydrogen (secondary N) is 1. The van der Waals surface area contributed by atoms with Gasteiger partial charge in [0, 0.05) is 30.6 Å². The summed E-state index contributed by atoms with van der Waals surface area (Å²) < 4.78 is 17.4. The summed E-state index contributed by atoms with van der Waals surface area (Å²) in [5.74, 6) is 2.04. The van der Waals surface area contributed by atoms with Gasteiger partial charge in [0.05, 0.1) is 36.4 Å². The van der Waals surface area contributed by atoms with Crippen LogP contribution in [0.5, 0.6) is 17.4 Å². The standard InChI is InChI=1S/C23H25N3O4/c1-14(2)30-21-10-16(6-7-20(21)28-3)18-11-19-17(5-4-8-24-19)23(26-18)29-13-15-9-22(27)25-12-15/h4-8,10-11,14-15H,9,12-13H2,1-3H3,(H,25,27)/t15-/m1/s1. The number of carbonyl (C=O) groups excluding carboxylic acids is 1. The minimum Gasteiger partial charge on any atom is -0.493 e. The minimum absolute atomic E-state index is 0.0157. The highest BCUT2D eigenvalue weighted by Crippen LogP contribution is 2.35. The number of fused-ring (bicyclic) bond motifs is 1. The molecule has 0 aliphatic carbocycles. The number of benzene rings is 1. The lowest BCUT2D eigenvalue weighted by Gasteiger charge is -2.16. The first kappa shape index (κ1) is 19.9. The molecule has 1 aromatic carbocycles. The van der Waals surface area contributed by atoms with E-state index < -0.39 is 0 Å². The number of hydrogen-bond acceptors (Lipinski definition) is 6. The molecule has 1 N–H and O–H groups in total. The van der Waals surface area contributed by atoms with Gasteiger partial charge in [-0.2, -0.15) is 0 Å². The molecule has 0 saturated carbocycles. The summed E-state index contributed by atoms with van der Waals surface area (Å²) >= 11 is 0. The predicted molar refractivity (Wildman–Crippen MR) is 114 cm³/mol. The number of carbonyl (C=O) groups is 1. The van der Waals surface area contributed by atoms with Gasteiger partial charge in [0.25, 0.3) is 0 Å². The Morgan fingerprint density at radius 1 is 1.20 bits per heavy atom. The van der Waals surface area contributed by atoms with Gasteiger partial charge < -0.3 is 19.5 Å². The van der Waals surface area contributed by atoms with Crippen LogP contribution in [0.3, 0.4) is 0 Å². The molecule has 2 aromatic heterocycles. The largest absolute Gasteiger partial charge is 0.493 e. The molecule has 1 fully saturated rings. The van der Waals surface area contributed by atoms with E-state index in [1.54, 1.807) is 13.3 Å². The third-order valence-electron chi connectivity index (χ3n) is 4.90.